The second kappa shape index (κ2) is 10.9. The summed E-state index contributed by atoms with van der Waals surface area (Å²) in [7, 11) is -4.19. The van der Waals surface area contributed by atoms with E-state index >= 15 is 0 Å². The van der Waals surface area contributed by atoms with E-state index in [4.69, 9.17) is 5.14 Å². The number of hydrogen-bond donors (Lipinski definition) is 2. The molecular formula is C31H28FN3O4S2. The van der Waals surface area contributed by atoms with E-state index in [-0.39, 0.29) is 12.2 Å². The first-order valence-corrected chi connectivity index (χ1v) is 15.9. The van der Waals surface area contributed by atoms with Crippen LogP contribution in [0.3, 0.4) is 0 Å². The molecule has 0 spiro atoms. The van der Waals surface area contributed by atoms with Crippen LogP contribution in [0.2, 0.25) is 0 Å². The van der Waals surface area contributed by atoms with E-state index in [0.717, 1.165) is 53.8 Å². The fourth-order valence-electron chi connectivity index (χ4n) is 4.94. The Kier molecular flexibility index (Phi) is 7.28. The molecule has 0 amide bonds. The van der Waals surface area contributed by atoms with Crippen molar-refractivity contribution in [3.63, 3.8) is 0 Å². The van der Waals surface area contributed by atoms with E-state index < -0.39 is 26.7 Å². The molecule has 4 aromatic rings. The van der Waals surface area contributed by atoms with Gasteiger partial charge in [0.2, 0.25) is 10.0 Å². The Morgan fingerprint density at radius 2 is 1.90 bits per heavy atom. The standard InChI is InChI=1S/C31H28FN3O4S2/c32-25-14-22(11-12-29(25)41(33,38)39)17-35-27(23-6-2-5-20(13-23)4-1-3-19-7-8-19)16-24(28(35)15-21-9-10-21)30-34-26(18-40-30)31(36)37/h2,5-6,11-14,16,18-19,21H,3,7-10,15,17H2,(H,36,37)(H2,33,38,39). The molecule has 0 aliphatic heterocycles. The maximum atomic E-state index is 14.8. The van der Waals surface area contributed by atoms with E-state index in [2.05, 4.69) is 21.4 Å². The van der Waals surface area contributed by atoms with Crippen molar-refractivity contribution in [2.75, 3.05) is 0 Å². The van der Waals surface area contributed by atoms with Crippen molar-refractivity contribution >= 4 is 27.3 Å². The predicted octanol–water partition coefficient (Wildman–Crippen LogP) is 5.92. The van der Waals surface area contributed by atoms with Gasteiger partial charge >= 0.3 is 5.97 Å². The number of hydrogen-bond acceptors (Lipinski definition) is 5. The molecule has 0 saturated heterocycles. The van der Waals surface area contributed by atoms with E-state index in [1.807, 2.05) is 30.3 Å². The van der Waals surface area contributed by atoms with Gasteiger partial charge in [-0.1, -0.05) is 30.0 Å². The highest BCUT2D eigenvalue weighted by Gasteiger charge is 2.28. The van der Waals surface area contributed by atoms with Crippen LogP contribution in [-0.2, 0) is 23.0 Å². The van der Waals surface area contributed by atoms with Crippen molar-refractivity contribution in [2.24, 2.45) is 17.0 Å². The number of carboxylic acids is 1. The van der Waals surface area contributed by atoms with E-state index in [0.29, 0.717) is 22.4 Å². The highest BCUT2D eigenvalue weighted by molar-refractivity contribution is 7.89. The molecule has 7 nitrogen and oxygen atoms in total. The summed E-state index contributed by atoms with van der Waals surface area (Å²) in [4.78, 5) is 15.4. The zero-order chi connectivity index (χ0) is 28.7. The Labute approximate surface area is 241 Å². The molecule has 0 radical (unpaired) electrons. The summed E-state index contributed by atoms with van der Waals surface area (Å²) in [6, 6.07) is 14.0. The Morgan fingerprint density at radius 1 is 1.12 bits per heavy atom. The molecule has 3 N–H and O–H groups in total. The van der Waals surface area contributed by atoms with Crippen LogP contribution < -0.4 is 5.14 Å². The third kappa shape index (κ3) is 6.27. The Balaban J connectivity index is 1.47. The first-order chi connectivity index (χ1) is 19.7. The third-order valence-electron chi connectivity index (χ3n) is 7.46. The lowest BCUT2D eigenvalue weighted by Crippen LogP contribution is -2.14. The number of benzene rings is 2. The largest absolute Gasteiger partial charge is 0.476 e. The van der Waals surface area contributed by atoms with Gasteiger partial charge in [-0.3, -0.25) is 0 Å². The summed E-state index contributed by atoms with van der Waals surface area (Å²) in [6.07, 6.45) is 6.34. The molecule has 2 fully saturated rings. The lowest BCUT2D eigenvalue weighted by Gasteiger charge is -2.16. The van der Waals surface area contributed by atoms with Crippen molar-refractivity contribution < 1.29 is 22.7 Å². The number of nitrogens with zero attached hydrogens (tertiary/aromatic N) is 2. The second-order valence-corrected chi connectivity index (χ2v) is 13.2. The third-order valence-corrected chi connectivity index (χ3v) is 9.28. The highest BCUT2D eigenvalue weighted by atomic mass is 32.2. The average molecular weight is 590 g/mol. The van der Waals surface area contributed by atoms with Crippen LogP contribution in [-0.4, -0.2) is 29.0 Å². The maximum Gasteiger partial charge on any atom is 0.355 e. The van der Waals surface area contributed by atoms with Gasteiger partial charge in [0, 0.05) is 40.9 Å². The summed E-state index contributed by atoms with van der Waals surface area (Å²) < 4.78 is 40.5. The Bertz CT molecular complexity index is 1820. The summed E-state index contributed by atoms with van der Waals surface area (Å²) in [5.74, 6) is 5.79. The highest BCUT2D eigenvalue weighted by Crippen LogP contribution is 2.41. The molecular weight excluding hydrogens is 561 g/mol. The molecule has 6 rings (SSSR count). The molecule has 0 bridgehead atoms. The molecule has 2 aromatic carbocycles. The van der Waals surface area contributed by atoms with Crippen molar-refractivity contribution in [1.82, 2.24) is 9.55 Å². The van der Waals surface area contributed by atoms with Crippen LogP contribution in [0, 0.1) is 29.5 Å². The van der Waals surface area contributed by atoms with Crippen molar-refractivity contribution in [2.45, 2.75) is 50.0 Å². The Hall–Kier alpha value is -3.78. The molecule has 2 saturated carbocycles. The number of aromatic carboxylic acids is 1. The van der Waals surface area contributed by atoms with E-state index in [9.17, 15) is 22.7 Å². The minimum absolute atomic E-state index is 0.00902. The number of rotatable bonds is 9. The fourth-order valence-corrected chi connectivity index (χ4v) is 6.36. The number of carbonyl (C=O) groups is 1. The summed E-state index contributed by atoms with van der Waals surface area (Å²) >= 11 is 1.28. The maximum absolute atomic E-state index is 14.8. The van der Waals surface area contributed by atoms with Gasteiger partial charge in [-0.05, 0) is 85.4 Å². The van der Waals surface area contributed by atoms with Gasteiger partial charge in [0.1, 0.15) is 15.7 Å². The number of thiazole rings is 1. The summed E-state index contributed by atoms with van der Waals surface area (Å²) in [6.45, 7) is 0.272. The van der Waals surface area contributed by atoms with Gasteiger partial charge in [-0.2, -0.15) is 0 Å². The van der Waals surface area contributed by atoms with Crippen molar-refractivity contribution in [3.05, 3.63) is 82.2 Å². The number of sulfonamides is 1. The van der Waals surface area contributed by atoms with Gasteiger partial charge in [-0.15, -0.1) is 11.3 Å². The van der Waals surface area contributed by atoms with Gasteiger partial charge in [0.25, 0.3) is 0 Å². The van der Waals surface area contributed by atoms with Gasteiger partial charge in [0.05, 0.1) is 0 Å². The normalized spacial score (nSPS) is 15.0. The molecule has 210 valence electrons. The van der Waals surface area contributed by atoms with E-state index in [1.54, 1.807) is 6.07 Å². The lowest BCUT2D eigenvalue weighted by molar-refractivity contribution is 0.0691. The molecule has 10 heteroatoms. The zero-order valence-corrected chi connectivity index (χ0v) is 23.8. The molecule has 2 aliphatic rings. The average Bonchev–Trinajstić information content (AvgIpc) is 3.84. The number of aromatic nitrogens is 2. The monoisotopic (exact) mass is 589 g/mol. The number of carboxylic acid groups (broad SMARTS) is 1. The first kappa shape index (κ1) is 27.4. The quantitative estimate of drug-likeness (QED) is 0.235. The van der Waals surface area contributed by atoms with Gasteiger partial charge < -0.3 is 9.67 Å². The van der Waals surface area contributed by atoms with Crippen LogP contribution in [0.4, 0.5) is 4.39 Å². The summed E-state index contributed by atoms with van der Waals surface area (Å²) in [5, 5.41) is 16.8. The molecule has 2 aromatic heterocycles. The molecule has 2 heterocycles. The molecule has 2 aliphatic carbocycles. The smallest absolute Gasteiger partial charge is 0.355 e. The molecule has 41 heavy (non-hydrogen) atoms. The van der Waals surface area contributed by atoms with Gasteiger partial charge in [0.15, 0.2) is 5.69 Å². The van der Waals surface area contributed by atoms with Crippen LogP contribution in [0.25, 0.3) is 21.8 Å². The van der Waals surface area contributed by atoms with Crippen LogP contribution >= 0.6 is 11.3 Å². The predicted molar refractivity (Wildman–Crippen MR) is 155 cm³/mol. The van der Waals surface area contributed by atoms with Crippen molar-refractivity contribution in [3.8, 4) is 33.7 Å². The van der Waals surface area contributed by atoms with Crippen LogP contribution in [0.1, 0.15) is 59.4 Å². The van der Waals surface area contributed by atoms with Crippen molar-refractivity contribution in [1.29, 1.82) is 0 Å². The van der Waals surface area contributed by atoms with E-state index in [1.165, 1.54) is 41.7 Å². The topological polar surface area (TPSA) is 115 Å². The minimum Gasteiger partial charge on any atom is -0.476 e. The zero-order valence-electron chi connectivity index (χ0n) is 22.1. The second-order valence-electron chi connectivity index (χ2n) is 10.8. The number of primary sulfonamides is 1. The number of halogens is 1. The molecule has 0 unspecified atom stereocenters. The number of nitrogens with two attached hydrogens (primary N) is 1. The SMILES string of the molecule is NS(=O)(=O)c1ccc(Cn2c(-c3cccc(C#CCC4CC4)c3)cc(-c3nc(C(=O)O)cs3)c2CC2CC2)cc1F. The molecule has 0 atom stereocenters. The first-order valence-electron chi connectivity index (χ1n) is 13.5. The fraction of sp³-hybridized carbons (Fsp3) is 0.290. The van der Waals surface area contributed by atoms with Crippen LogP contribution in [0.5, 0.6) is 0 Å². The minimum atomic E-state index is -4.19. The van der Waals surface area contributed by atoms with Gasteiger partial charge in [-0.25, -0.2) is 27.7 Å². The van der Waals surface area contributed by atoms with Crippen LogP contribution in [0.15, 0.2) is 58.8 Å². The lowest BCUT2D eigenvalue weighted by atomic mass is 10.1. The summed E-state index contributed by atoms with van der Waals surface area (Å²) in [5.41, 5.74) is 5.07. The Morgan fingerprint density at radius 3 is 2.56 bits per heavy atom.